The van der Waals surface area contributed by atoms with Crippen LogP contribution >= 0.6 is 0 Å². The lowest BCUT2D eigenvalue weighted by Gasteiger charge is -2.16. The SMILES string of the molecule is CN(CCCNS(=O)(=O)c1ccc(F)c(F)c1)Cc1ccccc1. The van der Waals surface area contributed by atoms with E-state index in [0.29, 0.717) is 19.0 Å². The maximum Gasteiger partial charge on any atom is 0.240 e. The van der Waals surface area contributed by atoms with Gasteiger partial charge in [-0.1, -0.05) is 30.3 Å². The molecule has 0 aliphatic carbocycles. The molecule has 0 atom stereocenters. The highest BCUT2D eigenvalue weighted by Gasteiger charge is 2.15. The topological polar surface area (TPSA) is 49.4 Å². The molecule has 7 heteroatoms. The van der Waals surface area contributed by atoms with Gasteiger partial charge in [0.15, 0.2) is 11.6 Å². The first-order valence-electron chi connectivity index (χ1n) is 7.56. The van der Waals surface area contributed by atoms with Crippen molar-refractivity contribution in [3.63, 3.8) is 0 Å². The molecule has 0 radical (unpaired) electrons. The smallest absolute Gasteiger partial charge is 0.240 e. The summed E-state index contributed by atoms with van der Waals surface area (Å²) in [4.78, 5) is 1.81. The van der Waals surface area contributed by atoms with Crippen LogP contribution < -0.4 is 4.72 Å². The van der Waals surface area contributed by atoms with E-state index in [2.05, 4.69) is 9.62 Å². The van der Waals surface area contributed by atoms with E-state index in [1.165, 1.54) is 5.56 Å². The molecule has 2 aromatic rings. The molecule has 0 fully saturated rings. The molecule has 0 heterocycles. The van der Waals surface area contributed by atoms with Gasteiger partial charge in [-0.15, -0.1) is 0 Å². The molecule has 0 spiro atoms. The van der Waals surface area contributed by atoms with E-state index in [0.717, 1.165) is 18.7 Å². The van der Waals surface area contributed by atoms with Gasteiger partial charge in [-0.3, -0.25) is 0 Å². The normalized spacial score (nSPS) is 11.8. The summed E-state index contributed by atoms with van der Waals surface area (Å²) in [7, 11) is -1.88. The highest BCUT2D eigenvalue weighted by molar-refractivity contribution is 7.89. The molecule has 0 bridgehead atoms. The summed E-state index contributed by atoms with van der Waals surface area (Å²) >= 11 is 0. The molecule has 24 heavy (non-hydrogen) atoms. The van der Waals surface area contributed by atoms with Crippen LogP contribution in [0.4, 0.5) is 8.78 Å². The summed E-state index contributed by atoms with van der Waals surface area (Å²) in [5.74, 6) is -2.25. The fraction of sp³-hybridized carbons (Fsp3) is 0.294. The van der Waals surface area contributed by atoms with Crippen LogP contribution in [0, 0.1) is 11.6 Å². The van der Waals surface area contributed by atoms with E-state index in [1.54, 1.807) is 0 Å². The van der Waals surface area contributed by atoms with E-state index in [9.17, 15) is 17.2 Å². The van der Waals surface area contributed by atoms with Crippen LogP contribution in [0.5, 0.6) is 0 Å². The maximum absolute atomic E-state index is 13.1. The van der Waals surface area contributed by atoms with Gasteiger partial charge in [0.25, 0.3) is 0 Å². The van der Waals surface area contributed by atoms with Gasteiger partial charge in [-0.05, 0) is 43.8 Å². The number of nitrogens with one attached hydrogen (secondary N) is 1. The molecule has 0 saturated heterocycles. The van der Waals surface area contributed by atoms with Crippen molar-refractivity contribution in [3.8, 4) is 0 Å². The molecule has 2 rings (SSSR count). The molecule has 0 saturated carbocycles. The van der Waals surface area contributed by atoms with Crippen LogP contribution in [0.3, 0.4) is 0 Å². The molecule has 0 amide bonds. The predicted molar refractivity (Wildman–Crippen MR) is 88.9 cm³/mol. The molecule has 0 aliphatic rings. The van der Waals surface area contributed by atoms with E-state index >= 15 is 0 Å². The third-order valence-corrected chi connectivity index (χ3v) is 4.96. The molecule has 0 aromatic heterocycles. The summed E-state index contributed by atoms with van der Waals surface area (Å²) in [5.41, 5.74) is 1.18. The zero-order chi connectivity index (χ0) is 17.6. The zero-order valence-corrected chi connectivity index (χ0v) is 14.2. The van der Waals surface area contributed by atoms with Crippen molar-refractivity contribution in [2.75, 3.05) is 20.1 Å². The summed E-state index contributed by atoms with van der Waals surface area (Å²) < 4.78 is 52.4. The lowest BCUT2D eigenvalue weighted by Crippen LogP contribution is -2.28. The fourth-order valence-corrected chi connectivity index (χ4v) is 3.34. The number of hydrogen-bond acceptors (Lipinski definition) is 3. The first-order valence-corrected chi connectivity index (χ1v) is 9.04. The summed E-state index contributed by atoms with van der Waals surface area (Å²) in [6, 6.07) is 12.5. The summed E-state index contributed by atoms with van der Waals surface area (Å²) in [5, 5.41) is 0. The van der Waals surface area contributed by atoms with Crippen LogP contribution in [-0.2, 0) is 16.6 Å². The van der Waals surface area contributed by atoms with Crippen molar-refractivity contribution in [1.82, 2.24) is 9.62 Å². The van der Waals surface area contributed by atoms with Gasteiger partial charge in [0.1, 0.15) is 0 Å². The Labute approximate surface area is 141 Å². The van der Waals surface area contributed by atoms with Crippen molar-refractivity contribution < 1.29 is 17.2 Å². The van der Waals surface area contributed by atoms with E-state index in [1.807, 2.05) is 37.4 Å². The minimum absolute atomic E-state index is 0.223. The van der Waals surface area contributed by atoms with Crippen molar-refractivity contribution >= 4 is 10.0 Å². The Morgan fingerprint density at radius 3 is 2.42 bits per heavy atom. The highest BCUT2D eigenvalue weighted by atomic mass is 32.2. The van der Waals surface area contributed by atoms with Gasteiger partial charge >= 0.3 is 0 Å². The van der Waals surface area contributed by atoms with Gasteiger partial charge in [0.05, 0.1) is 4.90 Å². The molecule has 4 nitrogen and oxygen atoms in total. The average molecular weight is 354 g/mol. The van der Waals surface area contributed by atoms with Crippen molar-refractivity contribution in [1.29, 1.82) is 0 Å². The predicted octanol–water partition coefficient (Wildman–Crippen LogP) is 2.77. The molecular weight excluding hydrogens is 334 g/mol. The van der Waals surface area contributed by atoms with E-state index < -0.39 is 21.7 Å². The van der Waals surface area contributed by atoms with Crippen LogP contribution in [-0.4, -0.2) is 33.5 Å². The van der Waals surface area contributed by atoms with Crippen LogP contribution in [0.1, 0.15) is 12.0 Å². The lowest BCUT2D eigenvalue weighted by atomic mass is 10.2. The van der Waals surface area contributed by atoms with Gasteiger partial charge in [-0.25, -0.2) is 21.9 Å². The quantitative estimate of drug-likeness (QED) is 0.742. The second kappa shape index (κ2) is 8.32. The third-order valence-electron chi connectivity index (χ3n) is 3.51. The summed E-state index contributed by atoms with van der Waals surface area (Å²) in [6.07, 6.45) is 0.603. The average Bonchev–Trinajstić information content (AvgIpc) is 2.55. The van der Waals surface area contributed by atoms with Crippen LogP contribution in [0.15, 0.2) is 53.4 Å². The second-order valence-electron chi connectivity index (χ2n) is 5.55. The molecule has 130 valence electrons. The Morgan fingerprint density at radius 1 is 1.04 bits per heavy atom. The number of rotatable bonds is 8. The number of nitrogens with zero attached hydrogens (tertiary/aromatic N) is 1. The summed E-state index contributed by atoms with van der Waals surface area (Å²) in [6.45, 7) is 1.70. The number of halogens is 2. The number of hydrogen-bond donors (Lipinski definition) is 1. The Hall–Kier alpha value is -1.83. The maximum atomic E-state index is 13.1. The van der Waals surface area contributed by atoms with Gasteiger partial charge in [-0.2, -0.15) is 0 Å². The second-order valence-corrected chi connectivity index (χ2v) is 7.32. The minimum atomic E-state index is -3.83. The molecule has 1 N–H and O–H groups in total. The van der Waals surface area contributed by atoms with E-state index in [-0.39, 0.29) is 11.4 Å². The Kier molecular flexibility index (Phi) is 6.42. The molecule has 2 aromatic carbocycles. The van der Waals surface area contributed by atoms with Gasteiger partial charge < -0.3 is 4.90 Å². The van der Waals surface area contributed by atoms with Crippen LogP contribution in [0.2, 0.25) is 0 Å². The van der Waals surface area contributed by atoms with Crippen LogP contribution in [0.25, 0.3) is 0 Å². The monoisotopic (exact) mass is 354 g/mol. The first kappa shape index (κ1) is 18.5. The number of benzene rings is 2. The minimum Gasteiger partial charge on any atom is -0.302 e. The molecular formula is C17H20F2N2O2S. The van der Waals surface area contributed by atoms with Crippen molar-refractivity contribution in [3.05, 3.63) is 65.7 Å². The Balaban J connectivity index is 1.79. The fourth-order valence-electron chi connectivity index (χ4n) is 2.26. The van der Waals surface area contributed by atoms with E-state index in [4.69, 9.17) is 0 Å². The number of sulfonamides is 1. The lowest BCUT2D eigenvalue weighted by molar-refractivity contribution is 0.322. The Morgan fingerprint density at radius 2 is 1.75 bits per heavy atom. The molecule has 0 unspecified atom stereocenters. The third kappa shape index (κ3) is 5.36. The van der Waals surface area contributed by atoms with Crippen molar-refractivity contribution in [2.45, 2.75) is 17.9 Å². The van der Waals surface area contributed by atoms with Gasteiger partial charge in [0, 0.05) is 13.1 Å². The highest BCUT2D eigenvalue weighted by Crippen LogP contribution is 2.13. The zero-order valence-electron chi connectivity index (χ0n) is 13.4. The largest absolute Gasteiger partial charge is 0.302 e. The standard InChI is InChI=1S/C17H20F2N2O2S/c1-21(13-14-6-3-2-4-7-14)11-5-10-20-24(22,23)15-8-9-16(18)17(19)12-15/h2-4,6-9,12,20H,5,10-11,13H2,1H3. The van der Waals surface area contributed by atoms with Gasteiger partial charge in [0.2, 0.25) is 10.0 Å². The first-order chi connectivity index (χ1) is 11.4. The van der Waals surface area contributed by atoms with Crippen molar-refractivity contribution in [2.24, 2.45) is 0 Å². The Bertz CT molecular complexity index is 767. The molecule has 0 aliphatic heterocycles.